The smallest absolute Gasteiger partial charge is 0.321 e. The zero-order chi connectivity index (χ0) is 15.2. The highest BCUT2D eigenvalue weighted by Crippen LogP contribution is 2.10. The molecule has 3 heteroatoms. The fourth-order valence-electron chi connectivity index (χ4n) is 2.22. The number of hydrogen-bond donors (Lipinski definition) is 0. The van der Waals surface area contributed by atoms with Crippen molar-refractivity contribution in [2.45, 2.75) is 64.8 Å². The van der Waals surface area contributed by atoms with E-state index >= 15 is 0 Å². The fourth-order valence-corrected chi connectivity index (χ4v) is 4.13. The molecule has 0 bridgehead atoms. The van der Waals surface area contributed by atoms with E-state index in [0.717, 1.165) is 32.1 Å². The van der Waals surface area contributed by atoms with Crippen molar-refractivity contribution in [2.75, 3.05) is 13.2 Å². The lowest BCUT2D eigenvalue weighted by Crippen LogP contribution is -2.24. The highest BCUT2D eigenvalue weighted by Gasteiger charge is 2.12. The average molecular weight is 309 g/mol. The van der Waals surface area contributed by atoms with Crippen molar-refractivity contribution in [3.63, 3.8) is 0 Å². The Morgan fingerprint density at radius 1 is 0.810 bits per heavy atom. The first kappa shape index (κ1) is 18.4. The van der Waals surface area contributed by atoms with Crippen LogP contribution in [0.3, 0.4) is 0 Å². The van der Waals surface area contributed by atoms with E-state index in [-0.39, 0.29) is 0 Å². The van der Waals surface area contributed by atoms with Crippen LogP contribution < -0.4 is 0 Å². The average Bonchev–Trinajstić information content (AvgIpc) is 2.52. The molecule has 0 saturated carbocycles. The second kappa shape index (κ2) is 13.1. The summed E-state index contributed by atoms with van der Waals surface area (Å²) in [5, 5.41) is 0. The van der Waals surface area contributed by atoms with Gasteiger partial charge in [-0.05, 0) is 37.3 Å². The van der Waals surface area contributed by atoms with Crippen LogP contribution in [0.5, 0.6) is 0 Å². The predicted octanol–water partition coefficient (Wildman–Crippen LogP) is 4.86. The monoisotopic (exact) mass is 308 g/mol. The topological polar surface area (TPSA) is 18.5 Å². The fraction of sp³-hybridized carbons (Fsp3) is 0.667. The molecule has 2 nitrogen and oxygen atoms in total. The van der Waals surface area contributed by atoms with Crippen LogP contribution >= 0.6 is 0 Å². The van der Waals surface area contributed by atoms with Gasteiger partial charge in [0.25, 0.3) is 0 Å². The molecule has 0 aliphatic rings. The first-order valence-corrected chi connectivity index (χ1v) is 10.4. The van der Waals surface area contributed by atoms with Crippen molar-refractivity contribution >= 4 is 9.28 Å². The van der Waals surface area contributed by atoms with Crippen LogP contribution in [0.1, 0.15) is 57.9 Å². The minimum absolute atomic E-state index is 0.887. The number of unbranched alkanes of at least 4 members (excludes halogenated alkanes) is 3. The molecule has 0 amide bonds. The van der Waals surface area contributed by atoms with Gasteiger partial charge in [-0.2, -0.15) is 0 Å². The van der Waals surface area contributed by atoms with Crippen LogP contribution in [-0.4, -0.2) is 22.5 Å². The zero-order valence-corrected chi connectivity index (χ0v) is 15.0. The van der Waals surface area contributed by atoms with Gasteiger partial charge in [0.2, 0.25) is 0 Å². The molecule has 0 atom stereocenters. The van der Waals surface area contributed by atoms with Crippen molar-refractivity contribution in [3.8, 4) is 0 Å². The Kier molecular flexibility index (Phi) is 11.4. The predicted molar refractivity (Wildman–Crippen MR) is 93.1 cm³/mol. The Balaban J connectivity index is 2.17. The molecule has 0 radical (unpaired) electrons. The molecular formula is C18H32O2Si. The Bertz CT molecular complexity index is 319. The molecule has 1 rings (SSSR count). The highest BCUT2D eigenvalue weighted by molar-refractivity contribution is 6.44. The number of aryl methyl sites for hydroxylation is 1. The van der Waals surface area contributed by atoms with Crippen LogP contribution in [0.15, 0.2) is 30.3 Å². The van der Waals surface area contributed by atoms with Crippen molar-refractivity contribution in [3.05, 3.63) is 35.9 Å². The van der Waals surface area contributed by atoms with Crippen molar-refractivity contribution in [1.29, 1.82) is 0 Å². The lowest BCUT2D eigenvalue weighted by molar-refractivity contribution is 0.190. The summed E-state index contributed by atoms with van der Waals surface area (Å²) in [7, 11) is -1.42. The van der Waals surface area contributed by atoms with E-state index in [2.05, 4.69) is 44.2 Å². The molecule has 0 aliphatic carbocycles. The third-order valence-corrected chi connectivity index (χ3v) is 5.70. The number of benzene rings is 1. The van der Waals surface area contributed by atoms with Gasteiger partial charge in [-0.1, -0.05) is 63.4 Å². The summed E-state index contributed by atoms with van der Waals surface area (Å²) in [5.41, 5.74) is 1.44. The molecule has 21 heavy (non-hydrogen) atoms. The lowest BCUT2D eigenvalue weighted by atomic mass is 10.1. The van der Waals surface area contributed by atoms with E-state index in [4.69, 9.17) is 8.85 Å². The first-order chi connectivity index (χ1) is 10.4. The van der Waals surface area contributed by atoms with Gasteiger partial charge >= 0.3 is 9.28 Å². The lowest BCUT2D eigenvalue weighted by Gasteiger charge is -2.16. The molecule has 0 unspecified atom stereocenters. The van der Waals surface area contributed by atoms with Crippen molar-refractivity contribution in [1.82, 2.24) is 0 Å². The molecule has 0 spiro atoms. The van der Waals surface area contributed by atoms with E-state index < -0.39 is 9.28 Å². The minimum Gasteiger partial charge on any atom is -0.397 e. The summed E-state index contributed by atoms with van der Waals surface area (Å²) in [6.07, 6.45) is 8.35. The van der Waals surface area contributed by atoms with E-state index in [1.54, 1.807) is 0 Å². The molecule has 0 saturated heterocycles. The van der Waals surface area contributed by atoms with Crippen LogP contribution in [0.2, 0.25) is 6.04 Å². The molecule has 0 fully saturated rings. The van der Waals surface area contributed by atoms with Gasteiger partial charge in [0.05, 0.1) is 0 Å². The van der Waals surface area contributed by atoms with Gasteiger partial charge in [-0.3, -0.25) is 0 Å². The maximum absolute atomic E-state index is 6.00. The van der Waals surface area contributed by atoms with Crippen molar-refractivity contribution < 1.29 is 8.85 Å². The maximum Gasteiger partial charge on any atom is 0.321 e. The Hall–Kier alpha value is -0.643. The molecule has 0 aromatic heterocycles. The highest BCUT2D eigenvalue weighted by atomic mass is 28.3. The third-order valence-electron chi connectivity index (χ3n) is 3.60. The largest absolute Gasteiger partial charge is 0.397 e. The Morgan fingerprint density at radius 2 is 1.43 bits per heavy atom. The van der Waals surface area contributed by atoms with Crippen LogP contribution in [0.4, 0.5) is 0 Å². The standard InChI is InChI=1S/C18H32O2Si/c1-3-5-15-19-21(20-16-6-4-2)17-11-10-14-18-12-8-7-9-13-18/h7-9,12-13,21H,3-6,10-11,14-17H2,1-2H3. The van der Waals surface area contributed by atoms with Crippen LogP contribution in [0, 0.1) is 0 Å². The second-order valence-electron chi connectivity index (χ2n) is 5.61. The maximum atomic E-state index is 6.00. The summed E-state index contributed by atoms with van der Waals surface area (Å²) in [4.78, 5) is 0. The van der Waals surface area contributed by atoms with Gasteiger partial charge in [-0.15, -0.1) is 0 Å². The molecule has 1 aromatic rings. The zero-order valence-electron chi connectivity index (χ0n) is 13.9. The SMILES string of the molecule is CCCCO[SiH](CCCCc1ccccc1)OCCCC. The number of hydrogen-bond acceptors (Lipinski definition) is 2. The molecule has 0 N–H and O–H groups in total. The van der Waals surface area contributed by atoms with Gasteiger partial charge in [0.15, 0.2) is 0 Å². The van der Waals surface area contributed by atoms with Gasteiger partial charge in [0, 0.05) is 13.2 Å². The molecule has 120 valence electrons. The van der Waals surface area contributed by atoms with Gasteiger partial charge in [0.1, 0.15) is 0 Å². The summed E-state index contributed by atoms with van der Waals surface area (Å²) >= 11 is 0. The summed E-state index contributed by atoms with van der Waals surface area (Å²) in [5.74, 6) is 0. The Labute approximate surface area is 132 Å². The molecule has 0 heterocycles. The summed E-state index contributed by atoms with van der Waals surface area (Å²) < 4.78 is 12.0. The van der Waals surface area contributed by atoms with Gasteiger partial charge < -0.3 is 8.85 Å². The minimum atomic E-state index is -1.42. The first-order valence-electron chi connectivity index (χ1n) is 8.64. The summed E-state index contributed by atoms with van der Waals surface area (Å²) in [6, 6.07) is 11.9. The molecular weight excluding hydrogens is 276 g/mol. The third kappa shape index (κ3) is 9.83. The van der Waals surface area contributed by atoms with E-state index in [9.17, 15) is 0 Å². The van der Waals surface area contributed by atoms with Crippen molar-refractivity contribution in [2.24, 2.45) is 0 Å². The van der Waals surface area contributed by atoms with Crippen LogP contribution in [0.25, 0.3) is 0 Å². The van der Waals surface area contributed by atoms with Crippen LogP contribution in [-0.2, 0) is 15.3 Å². The molecule has 0 aliphatic heterocycles. The van der Waals surface area contributed by atoms with E-state index in [1.165, 1.54) is 37.7 Å². The quantitative estimate of drug-likeness (QED) is 0.382. The summed E-state index contributed by atoms with van der Waals surface area (Å²) in [6.45, 7) is 6.19. The van der Waals surface area contributed by atoms with E-state index in [0.29, 0.717) is 0 Å². The second-order valence-corrected chi connectivity index (χ2v) is 7.71. The van der Waals surface area contributed by atoms with E-state index in [1.807, 2.05) is 0 Å². The Morgan fingerprint density at radius 3 is 2.00 bits per heavy atom. The normalized spacial score (nSPS) is 11.2. The molecule has 1 aromatic carbocycles. The van der Waals surface area contributed by atoms with Gasteiger partial charge in [-0.25, -0.2) is 0 Å². The number of rotatable bonds is 13.